The minimum absolute atomic E-state index is 0.0239. The predicted octanol–water partition coefficient (Wildman–Crippen LogP) is 3.58. The highest BCUT2D eigenvalue weighted by Gasteiger charge is 2.25. The number of nitriles is 1. The lowest BCUT2D eigenvalue weighted by Gasteiger charge is -2.06. The second kappa shape index (κ2) is 5.26. The molecular weight excluding hydrogens is 339 g/mol. The van der Waals surface area contributed by atoms with E-state index in [1.54, 1.807) is 12.1 Å². The van der Waals surface area contributed by atoms with E-state index in [-0.39, 0.29) is 25.4 Å². The molecular formula is C12H8Cl2N2O2S2. The largest absolute Gasteiger partial charge is 0.389 e. The summed E-state index contributed by atoms with van der Waals surface area (Å²) in [6, 6.07) is 6.56. The van der Waals surface area contributed by atoms with Gasteiger partial charge in [0.15, 0.2) is 9.84 Å². The highest BCUT2D eigenvalue weighted by Crippen LogP contribution is 2.43. The van der Waals surface area contributed by atoms with Crippen molar-refractivity contribution < 1.29 is 8.42 Å². The van der Waals surface area contributed by atoms with Gasteiger partial charge in [-0.15, -0.1) is 11.3 Å². The number of anilines is 1. The number of halogens is 2. The van der Waals surface area contributed by atoms with Crippen LogP contribution in [-0.2, 0) is 9.84 Å². The van der Waals surface area contributed by atoms with Gasteiger partial charge in [0.25, 0.3) is 0 Å². The van der Waals surface area contributed by atoms with Gasteiger partial charge in [-0.1, -0.05) is 29.3 Å². The lowest BCUT2D eigenvalue weighted by Crippen LogP contribution is -1.97. The third-order valence-corrected chi connectivity index (χ3v) is 5.95. The highest BCUT2D eigenvalue weighted by atomic mass is 35.5. The van der Waals surface area contributed by atoms with E-state index < -0.39 is 9.84 Å². The van der Waals surface area contributed by atoms with Gasteiger partial charge in [0.2, 0.25) is 0 Å². The van der Waals surface area contributed by atoms with Crippen LogP contribution in [0.1, 0.15) is 5.56 Å². The molecule has 1 heterocycles. The van der Waals surface area contributed by atoms with Crippen molar-refractivity contribution in [3.8, 4) is 17.2 Å². The van der Waals surface area contributed by atoms with Crippen molar-refractivity contribution in [3.63, 3.8) is 0 Å². The van der Waals surface area contributed by atoms with E-state index in [2.05, 4.69) is 0 Å². The zero-order valence-electron chi connectivity index (χ0n) is 10.1. The predicted molar refractivity (Wildman–Crippen MR) is 82.0 cm³/mol. The first-order valence-corrected chi connectivity index (χ1v) is 8.70. The van der Waals surface area contributed by atoms with Gasteiger partial charge in [-0.25, -0.2) is 8.42 Å². The molecule has 2 N–H and O–H groups in total. The fraction of sp³-hybridized carbons (Fsp3) is 0.0833. The number of nitrogens with zero attached hydrogens (tertiary/aromatic N) is 1. The van der Waals surface area contributed by atoms with Gasteiger partial charge in [0.1, 0.15) is 15.3 Å². The van der Waals surface area contributed by atoms with Crippen LogP contribution in [0.2, 0.25) is 10.0 Å². The number of thiophene rings is 1. The van der Waals surface area contributed by atoms with Crippen LogP contribution in [0, 0.1) is 11.3 Å². The fourth-order valence-corrected chi connectivity index (χ4v) is 4.46. The maximum atomic E-state index is 11.9. The van der Waals surface area contributed by atoms with Crippen LogP contribution in [0.15, 0.2) is 22.4 Å². The van der Waals surface area contributed by atoms with Crippen LogP contribution < -0.4 is 5.73 Å². The summed E-state index contributed by atoms with van der Waals surface area (Å²) < 4.78 is 23.7. The maximum Gasteiger partial charge on any atom is 0.185 e. The third-order valence-electron chi connectivity index (χ3n) is 2.55. The van der Waals surface area contributed by atoms with Crippen LogP contribution in [0.4, 0.5) is 5.00 Å². The van der Waals surface area contributed by atoms with Gasteiger partial charge in [0, 0.05) is 27.4 Å². The molecule has 8 heteroatoms. The Morgan fingerprint density at radius 2 is 2.00 bits per heavy atom. The van der Waals surface area contributed by atoms with E-state index >= 15 is 0 Å². The molecule has 20 heavy (non-hydrogen) atoms. The van der Waals surface area contributed by atoms with Crippen LogP contribution in [-0.4, -0.2) is 14.7 Å². The monoisotopic (exact) mass is 346 g/mol. The van der Waals surface area contributed by atoms with Crippen LogP contribution in [0.3, 0.4) is 0 Å². The van der Waals surface area contributed by atoms with Gasteiger partial charge < -0.3 is 5.73 Å². The molecule has 0 aliphatic carbocycles. The third kappa shape index (κ3) is 2.63. The van der Waals surface area contributed by atoms with Crippen molar-refractivity contribution in [2.45, 2.75) is 4.21 Å². The standard InChI is InChI=1S/C12H8Cl2N2O2S2/c1-20(17,18)12-10(8(5-15)11(16)19-12)7-3-2-6(13)4-9(7)14/h2-4H,16H2,1H3. The number of hydrogen-bond donors (Lipinski definition) is 1. The molecule has 0 atom stereocenters. The molecule has 0 saturated carbocycles. The summed E-state index contributed by atoms with van der Waals surface area (Å²) >= 11 is 12.8. The molecule has 1 aromatic carbocycles. The molecule has 2 rings (SSSR count). The molecule has 0 bridgehead atoms. The van der Waals surface area contributed by atoms with E-state index in [4.69, 9.17) is 28.9 Å². The SMILES string of the molecule is CS(=O)(=O)c1sc(N)c(C#N)c1-c1ccc(Cl)cc1Cl. The lowest BCUT2D eigenvalue weighted by atomic mass is 10.0. The Bertz CT molecular complexity index is 836. The average Bonchev–Trinajstić information content (AvgIpc) is 2.66. The number of nitrogen functional groups attached to an aromatic ring is 1. The fourth-order valence-electron chi connectivity index (χ4n) is 1.74. The van der Waals surface area contributed by atoms with Crippen LogP contribution in [0.25, 0.3) is 11.1 Å². The second-order valence-corrected chi connectivity index (χ2v) is 8.12. The summed E-state index contributed by atoms with van der Waals surface area (Å²) in [5, 5.41) is 10.0. The zero-order valence-corrected chi connectivity index (χ0v) is 13.3. The Balaban J connectivity index is 2.89. The Morgan fingerprint density at radius 3 is 2.50 bits per heavy atom. The van der Waals surface area contributed by atoms with Crippen LogP contribution in [0.5, 0.6) is 0 Å². The molecule has 4 nitrogen and oxygen atoms in total. The number of rotatable bonds is 2. The van der Waals surface area contributed by atoms with Crippen molar-refractivity contribution >= 4 is 49.4 Å². The van der Waals surface area contributed by atoms with Gasteiger partial charge in [-0.05, 0) is 12.1 Å². The lowest BCUT2D eigenvalue weighted by molar-refractivity contribution is 0.604. The van der Waals surface area contributed by atoms with Crippen LogP contribution >= 0.6 is 34.5 Å². The van der Waals surface area contributed by atoms with Crippen molar-refractivity contribution in [1.29, 1.82) is 5.26 Å². The smallest absolute Gasteiger partial charge is 0.185 e. The van der Waals surface area contributed by atoms with Gasteiger partial charge in [-0.2, -0.15) is 5.26 Å². The number of nitrogens with two attached hydrogens (primary N) is 1. The molecule has 0 aliphatic rings. The van der Waals surface area contributed by atoms with E-state index in [0.717, 1.165) is 17.6 Å². The molecule has 1 aromatic heterocycles. The first kappa shape index (κ1) is 15.1. The maximum absolute atomic E-state index is 11.9. The van der Waals surface area contributed by atoms with Crippen molar-refractivity contribution in [2.75, 3.05) is 12.0 Å². The zero-order chi connectivity index (χ0) is 15.1. The first-order valence-electron chi connectivity index (χ1n) is 5.23. The minimum atomic E-state index is -3.52. The van der Waals surface area contributed by atoms with Crippen molar-refractivity contribution in [2.24, 2.45) is 0 Å². The van der Waals surface area contributed by atoms with E-state index in [9.17, 15) is 13.7 Å². The topological polar surface area (TPSA) is 83.9 Å². The Labute approximate surface area is 130 Å². The molecule has 0 unspecified atom stereocenters. The minimum Gasteiger partial charge on any atom is -0.389 e. The molecule has 0 saturated heterocycles. The van der Waals surface area contributed by atoms with Gasteiger partial charge in [0.05, 0.1) is 5.56 Å². The van der Waals surface area contributed by atoms with Gasteiger partial charge >= 0.3 is 0 Å². The van der Waals surface area contributed by atoms with Crippen molar-refractivity contribution in [3.05, 3.63) is 33.8 Å². The van der Waals surface area contributed by atoms with E-state index in [1.807, 2.05) is 6.07 Å². The van der Waals surface area contributed by atoms with Crippen molar-refractivity contribution in [1.82, 2.24) is 0 Å². The van der Waals surface area contributed by atoms with E-state index in [1.165, 1.54) is 6.07 Å². The summed E-state index contributed by atoms with van der Waals surface area (Å²) in [4.78, 5) is 0. The quantitative estimate of drug-likeness (QED) is 0.900. The second-order valence-electron chi connectivity index (χ2n) is 4.01. The summed E-state index contributed by atoms with van der Waals surface area (Å²) in [7, 11) is -3.52. The number of benzene rings is 1. The summed E-state index contributed by atoms with van der Waals surface area (Å²) in [6.45, 7) is 0. The molecule has 0 spiro atoms. The Morgan fingerprint density at radius 1 is 1.35 bits per heavy atom. The molecule has 0 fully saturated rings. The van der Waals surface area contributed by atoms with Gasteiger partial charge in [-0.3, -0.25) is 0 Å². The Kier molecular flexibility index (Phi) is 3.98. The molecule has 0 radical (unpaired) electrons. The highest BCUT2D eigenvalue weighted by molar-refractivity contribution is 7.93. The Hall–Kier alpha value is -1.26. The molecule has 104 valence electrons. The average molecular weight is 347 g/mol. The first-order chi connectivity index (χ1) is 9.25. The molecule has 0 amide bonds. The molecule has 2 aromatic rings. The number of sulfone groups is 1. The summed E-state index contributed by atoms with van der Waals surface area (Å²) in [5.74, 6) is 0. The number of hydrogen-bond acceptors (Lipinski definition) is 5. The summed E-state index contributed by atoms with van der Waals surface area (Å²) in [5.41, 5.74) is 6.49. The normalized spacial score (nSPS) is 11.3. The van der Waals surface area contributed by atoms with E-state index in [0.29, 0.717) is 10.6 Å². The molecule has 0 aliphatic heterocycles. The summed E-state index contributed by atoms with van der Waals surface area (Å²) in [6.07, 6.45) is 1.06.